The van der Waals surface area contributed by atoms with Gasteiger partial charge in [0, 0.05) is 23.4 Å². The molecule has 0 N–H and O–H groups in total. The molecule has 1 fully saturated rings. The minimum Gasteiger partial charge on any atom is -0.496 e. The molecule has 25 heavy (non-hydrogen) atoms. The lowest BCUT2D eigenvalue weighted by Crippen LogP contribution is -2.34. The van der Waals surface area contributed by atoms with Crippen LogP contribution in [0.15, 0.2) is 36.4 Å². The molecule has 1 saturated carbocycles. The average molecular weight is 341 g/mol. The number of ether oxygens (including phenoxy) is 2. The fourth-order valence-electron chi connectivity index (χ4n) is 3.26. The van der Waals surface area contributed by atoms with Gasteiger partial charge in [0.05, 0.1) is 13.7 Å². The normalized spacial score (nSPS) is 17.2. The van der Waals surface area contributed by atoms with Crippen LogP contribution >= 0.6 is 0 Å². The summed E-state index contributed by atoms with van der Waals surface area (Å²) in [4.78, 5) is 14.2. The summed E-state index contributed by atoms with van der Waals surface area (Å²) in [5.41, 5.74) is 3.37. The number of methoxy groups -OCH3 is 1. The van der Waals surface area contributed by atoms with E-state index in [4.69, 9.17) is 9.47 Å². The standard InChI is InChI=1S/C20H20FNO3/c1-24-19-7-5-16(21)9-17(19)14-4-6-18-15(8-14)11-25-12-20(23)22(18)10-13-2-3-13/h4-9,13H,2-3,10-12H2,1H3. The van der Waals surface area contributed by atoms with E-state index in [0.29, 0.717) is 23.8 Å². The van der Waals surface area contributed by atoms with Crippen molar-refractivity contribution in [3.8, 4) is 16.9 Å². The number of hydrogen-bond donors (Lipinski definition) is 0. The first-order valence-electron chi connectivity index (χ1n) is 8.50. The Bertz CT molecular complexity index is 817. The van der Waals surface area contributed by atoms with Crippen LogP contribution in [0, 0.1) is 11.7 Å². The van der Waals surface area contributed by atoms with Gasteiger partial charge >= 0.3 is 0 Å². The zero-order chi connectivity index (χ0) is 17.4. The van der Waals surface area contributed by atoms with Crippen molar-refractivity contribution in [3.63, 3.8) is 0 Å². The van der Waals surface area contributed by atoms with Crippen LogP contribution in [0.3, 0.4) is 0 Å². The van der Waals surface area contributed by atoms with E-state index in [9.17, 15) is 9.18 Å². The molecule has 0 spiro atoms. The van der Waals surface area contributed by atoms with Gasteiger partial charge in [-0.25, -0.2) is 4.39 Å². The SMILES string of the molecule is COc1ccc(F)cc1-c1ccc2c(c1)COCC(=O)N2CC1CC1. The molecule has 0 saturated heterocycles. The summed E-state index contributed by atoms with van der Waals surface area (Å²) in [6.45, 7) is 1.21. The van der Waals surface area contributed by atoms with Gasteiger partial charge in [-0.1, -0.05) is 6.07 Å². The number of hydrogen-bond acceptors (Lipinski definition) is 3. The Morgan fingerprint density at radius 2 is 2.04 bits per heavy atom. The summed E-state index contributed by atoms with van der Waals surface area (Å²) >= 11 is 0. The predicted molar refractivity (Wildman–Crippen MR) is 93.1 cm³/mol. The van der Waals surface area contributed by atoms with Gasteiger partial charge < -0.3 is 14.4 Å². The first-order valence-corrected chi connectivity index (χ1v) is 8.50. The zero-order valence-electron chi connectivity index (χ0n) is 14.1. The Morgan fingerprint density at radius 3 is 2.80 bits per heavy atom. The number of halogens is 1. The molecule has 0 atom stereocenters. The molecular formula is C20H20FNO3. The third-order valence-corrected chi connectivity index (χ3v) is 4.76. The van der Waals surface area contributed by atoms with E-state index >= 15 is 0 Å². The molecule has 4 rings (SSSR count). The first kappa shape index (κ1) is 16.1. The second-order valence-electron chi connectivity index (χ2n) is 6.63. The molecule has 0 bridgehead atoms. The lowest BCUT2D eigenvalue weighted by Gasteiger charge is -2.23. The summed E-state index contributed by atoms with van der Waals surface area (Å²) in [5.74, 6) is 0.897. The summed E-state index contributed by atoms with van der Waals surface area (Å²) in [5, 5.41) is 0. The van der Waals surface area contributed by atoms with Crippen LogP contribution in [-0.2, 0) is 16.1 Å². The quantitative estimate of drug-likeness (QED) is 0.850. The molecule has 1 amide bonds. The van der Waals surface area contributed by atoms with E-state index < -0.39 is 0 Å². The van der Waals surface area contributed by atoms with Crippen LogP contribution in [0.5, 0.6) is 5.75 Å². The van der Waals surface area contributed by atoms with Crippen molar-refractivity contribution >= 4 is 11.6 Å². The van der Waals surface area contributed by atoms with E-state index in [1.54, 1.807) is 13.2 Å². The summed E-state index contributed by atoms with van der Waals surface area (Å²) in [6, 6.07) is 10.3. The fourth-order valence-corrected chi connectivity index (χ4v) is 3.26. The highest BCUT2D eigenvalue weighted by Crippen LogP contribution is 2.37. The predicted octanol–water partition coefficient (Wildman–Crippen LogP) is 3.77. The molecule has 0 aromatic heterocycles. The highest BCUT2D eigenvalue weighted by molar-refractivity contribution is 5.96. The van der Waals surface area contributed by atoms with Crippen LogP contribution in [0.4, 0.5) is 10.1 Å². The molecule has 1 aliphatic heterocycles. The zero-order valence-corrected chi connectivity index (χ0v) is 14.1. The molecule has 1 aliphatic carbocycles. The average Bonchev–Trinajstić information content (AvgIpc) is 3.44. The van der Waals surface area contributed by atoms with E-state index in [0.717, 1.165) is 23.4 Å². The maximum Gasteiger partial charge on any atom is 0.253 e. The Balaban J connectivity index is 1.75. The van der Waals surface area contributed by atoms with Crippen LogP contribution in [0.2, 0.25) is 0 Å². The second-order valence-corrected chi connectivity index (χ2v) is 6.63. The molecule has 5 heteroatoms. The maximum absolute atomic E-state index is 13.7. The van der Waals surface area contributed by atoms with Crippen molar-refractivity contribution in [1.29, 1.82) is 0 Å². The van der Waals surface area contributed by atoms with Crippen LogP contribution in [0.1, 0.15) is 18.4 Å². The van der Waals surface area contributed by atoms with Crippen molar-refractivity contribution < 1.29 is 18.7 Å². The molecule has 4 nitrogen and oxygen atoms in total. The molecule has 130 valence electrons. The molecule has 2 aliphatic rings. The lowest BCUT2D eigenvalue weighted by molar-refractivity contribution is -0.123. The third-order valence-electron chi connectivity index (χ3n) is 4.76. The van der Waals surface area contributed by atoms with Gasteiger partial charge in [-0.05, 0) is 54.7 Å². The lowest BCUT2D eigenvalue weighted by atomic mass is 10.0. The van der Waals surface area contributed by atoms with Crippen LogP contribution in [0.25, 0.3) is 11.1 Å². The largest absolute Gasteiger partial charge is 0.496 e. The second kappa shape index (κ2) is 6.48. The van der Waals surface area contributed by atoms with E-state index in [1.807, 2.05) is 23.1 Å². The van der Waals surface area contributed by atoms with Crippen molar-refractivity contribution in [3.05, 3.63) is 47.8 Å². The Labute approximate surface area is 146 Å². The topological polar surface area (TPSA) is 38.8 Å². The molecular weight excluding hydrogens is 321 g/mol. The van der Waals surface area contributed by atoms with Gasteiger partial charge in [-0.2, -0.15) is 0 Å². The Hall–Kier alpha value is -2.40. The summed E-state index contributed by atoms with van der Waals surface area (Å²) < 4.78 is 24.6. The van der Waals surface area contributed by atoms with E-state index in [1.165, 1.54) is 25.0 Å². The highest BCUT2D eigenvalue weighted by atomic mass is 19.1. The minimum atomic E-state index is -0.312. The molecule has 0 unspecified atom stereocenters. The maximum atomic E-state index is 13.7. The smallest absolute Gasteiger partial charge is 0.253 e. The minimum absolute atomic E-state index is 0.00161. The molecule has 0 radical (unpaired) electrons. The van der Waals surface area contributed by atoms with E-state index in [2.05, 4.69) is 0 Å². The number of fused-ring (bicyclic) bond motifs is 1. The Kier molecular flexibility index (Phi) is 4.17. The van der Waals surface area contributed by atoms with Crippen LogP contribution in [-0.4, -0.2) is 26.2 Å². The number of carbonyl (C=O) groups is 1. The van der Waals surface area contributed by atoms with Gasteiger partial charge in [0.2, 0.25) is 0 Å². The first-order chi connectivity index (χ1) is 12.2. The van der Waals surface area contributed by atoms with E-state index in [-0.39, 0.29) is 18.3 Å². The number of rotatable bonds is 4. The summed E-state index contributed by atoms with van der Waals surface area (Å²) in [7, 11) is 1.57. The molecule has 1 heterocycles. The number of nitrogens with zero attached hydrogens (tertiary/aromatic N) is 1. The Morgan fingerprint density at radius 1 is 1.20 bits per heavy atom. The van der Waals surface area contributed by atoms with Crippen molar-refractivity contribution in [2.24, 2.45) is 5.92 Å². The number of benzene rings is 2. The molecule has 2 aromatic rings. The van der Waals surface area contributed by atoms with Gasteiger partial charge in [-0.15, -0.1) is 0 Å². The van der Waals surface area contributed by atoms with Gasteiger partial charge in [0.15, 0.2) is 0 Å². The highest BCUT2D eigenvalue weighted by Gasteiger charge is 2.30. The fraction of sp³-hybridized carbons (Fsp3) is 0.350. The van der Waals surface area contributed by atoms with Gasteiger partial charge in [0.1, 0.15) is 18.2 Å². The monoisotopic (exact) mass is 341 g/mol. The number of anilines is 1. The van der Waals surface area contributed by atoms with Crippen molar-refractivity contribution in [2.75, 3.05) is 25.2 Å². The van der Waals surface area contributed by atoms with Gasteiger partial charge in [0.25, 0.3) is 5.91 Å². The van der Waals surface area contributed by atoms with Crippen molar-refractivity contribution in [1.82, 2.24) is 0 Å². The van der Waals surface area contributed by atoms with Crippen LogP contribution < -0.4 is 9.64 Å². The van der Waals surface area contributed by atoms with Crippen molar-refractivity contribution in [2.45, 2.75) is 19.4 Å². The molecule has 2 aromatic carbocycles. The summed E-state index contributed by atoms with van der Waals surface area (Å²) in [6.07, 6.45) is 2.36. The third kappa shape index (κ3) is 3.24. The van der Waals surface area contributed by atoms with Gasteiger partial charge in [-0.3, -0.25) is 4.79 Å². The number of amides is 1. The number of carbonyl (C=O) groups excluding carboxylic acids is 1.